The summed E-state index contributed by atoms with van der Waals surface area (Å²) in [6.45, 7) is 1.42. The van der Waals surface area contributed by atoms with E-state index in [1.165, 1.54) is 37.4 Å². The molecule has 1 amide bonds. The first-order valence-corrected chi connectivity index (χ1v) is 9.74. The molecule has 1 N–H and O–H groups in total. The van der Waals surface area contributed by atoms with Crippen molar-refractivity contribution in [3.63, 3.8) is 0 Å². The maximum Gasteiger partial charge on any atom is 0.434 e. The van der Waals surface area contributed by atoms with Gasteiger partial charge in [-0.15, -0.1) is 0 Å². The Hall–Kier alpha value is -4.28. The number of anilines is 1. The molecule has 2 heterocycles. The van der Waals surface area contributed by atoms with E-state index in [2.05, 4.69) is 20.4 Å². The van der Waals surface area contributed by atoms with Crippen LogP contribution in [0.25, 0.3) is 16.7 Å². The molecule has 0 aliphatic carbocycles. The van der Waals surface area contributed by atoms with Crippen molar-refractivity contribution in [1.29, 1.82) is 0 Å². The van der Waals surface area contributed by atoms with Gasteiger partial charge in [0.15, 0.2) is 5.69 Å². The third-order valence-corrected chi connectivity index (χ3v) is 4.58. The fraction of sp³-hybridized carbons (Fsp3) is 0.136. The quantitative estimate of drug-likeness (QED) is 0.452. The van der Waals surface area contributed by atoms with Crippen molar-refractivity contribution in [2.24, 2.45) is 0 Å². The molecular weight excluding hydrogens is 439 g/mol. The molecule has 168 valence electrons. The lowest BCUT2D eigenvalue weighted by molar-refractivity contribution is -0.143. The molecule has 11 heteroatoms. The molecule has 0 spiro atoms. The van der Waals surface area contributed by atoms with Crippen molar-refractivity contribution >= 4 is 28.6 Å². The number of nitrogens with one attached hydrogen (secondary N) is 1. The molecule has 2 aromatic carbocycles. The summed E-state index contributed by atoms with van der Waals surface area (Å²) in [4.78, 5) is 32.9. The largest absolute Gasteiger partial charge is 0.462 e. The zero-order valence-electron chi connectivity index (χ0n) is 17.1. The highest BCUT2D eigenvalue weighted by atomic mass is 19.4. The molecule has 0 fully saturated rings. The van der Waals surface area contributed by atoms with Crippen LogP contribution < -0.4 is 5.32 Å². The van der Waals surface area contributed by atoms with Crippen molar-refractivity contribution in [2.75, 3.05) is 11.9 Å². The summed E-state index contributed by atoms with van der Waals surface area (Å²) in [6.07, 6.45) is -2.70. The molecule has 0 unspecified atom stereocenters. The lowest BCUT2D eigenvalue weighted by atomic mass is 10.2. The number of alkyl halides is 3. The number of halogens is 3. The maximum atomic E-state index is 13.6. The maximum absolute atomic E-state index is 13.6. The molecular formula is C22H16F3N5O3. The van der Waals surface area contributed by atoms with Gasteiger partial charge in [-0.25, -0.2) is 14.5 Å². The fourth-order valence-corrected chi connectivity index (χ4v) is 3.12. The van der Waals surface area contributed by atoms with Crippen LogP contribution in [0, 0.1) is 0 Å². The summed E-state index contributed by atoms with van der Waals surface area (Å²) in [7, 11) is 0. The van der Waals surface area contributed by atoms with E-state index in [-0.39, 0.29) is 18.0 Å². The minimum absolute atomic E-state index is 0.0429. The smallest absolute Gasteiger partial charge is 0.434 e. The summed E-state index contributed by atoms with van der Waals surface area (Å²) in [5.74, 6) is -1.64. The van der Waals surface area contributed by atoms with Crippen LogP contribution in [-0.4, -0.2) is 38.2 Å². The van der Waals surface area contributed by atoms with E-state index in [0.717, 1.165) is 6.20 Å². The van der Waals surface area contributed by atoms with Crippen LogP contribution >= 0.6 is 0 Å². The van der Waals surface area contributed by atoms with Gasteiger partial charge in [-0.05, 0) is 43.3 Å². The average Bonchev–Trinajstić information content (AvgIpc) is 3.25. The van der Waals surface area contributed by atoms with Gasteiger partial charge in [0.25, 0.3) is 5.91 Å². The van der Waals surface area contributed by atoms with E-state index >= 15 is 0 Å². The number of rotatable bonds is 5. The minimum Gasteiger partial charge on any atom is -0.462 e. The zero-order chi connectivity index (χ0) is 23.6. The van der Waals surface area contributed by atoms with Crippen molar-refractivity contribution in [1.82, 2.24) is 19.7 Å². The number of hydrogen-bond donors (Lipinski definition) is 1. The molecule has 0 bridgehead atoms. The Labute approximate surface area is 185 Å². The van der Waals surface area contributed by atoms with Gasteiger partial charge in [-0.1, -0.05) is 12.1 Å². The highest BCUT2D eigenvalue weighted by molar-refractivity contribution is 6.03. The number of amides is 1. The number of nitrogens with zero attached hydrogens (tertiary/aromatic N) is 4. The zero-order valence-corrected chi connectivity index (χ0v) is 17.1. The predicted molar refractivity (Wildman–Crippen MR) is 112 cm³/mol. The first-order valence-electron chi connectivity index (χ1n) is 9.74. The molecule has 4 rings (SSSR count). The Kier molecular flexibility index (Phi) is 5.78. The minimum atomic E-state index is -4.85. The number of benzene rings is 2. The summed E-state index contributed by atoms with van der Waals surface area (Å²) in [6, 6.07) is 12.5. The summed E-state index contributed by atoms with van der Waals surface area (Å²) in [5.41, 5.74) is -0.285. The van der Waals surface area contributed by atoms with E-state index in [1.807, 2.05) is 0 Å². The van der Waals surface area contributed by atoms with Crippen LogP contribution in [0.15, 0.2) is 60.9 Å². The van der Waals surface area contributed by atoms with Gasteiger partial charge in [0.05, 0.1) is 35.7 Å². The van der Waals surface area contributed by atoms with Crippen molar-refractivity contribution in [3.05, 3.63) is 77.9 Å². The number of carbonyl (C=O) groups is 2. The lowest BCUT2D eigenvalue weighted by Gasteiger charge is -2.13. The highest BCUT2D eigenvalue weighted by Gasteiger charge is 2.41. The second-order valence-corrected chi connectivity index (χ2v) is 6.78. The number of para-hydroxylation sites is 2. The van der Waals surface area contributed by atoms with Gasteiger partial charge in [0.1, 0.15) is 11.3 Å². The van der Waals surface area contributed by atoms with Gasteiger partial charge in [-0.2, -0.15) is 18.3 Å². The molecule has 0 aliphatic heterocycles. The average molecular weight is 455 g/mol. The summed E-state index contributed by atoms with van der Waals surface area (Å²) < 4.78 is 46.2. The van der Waals surface area contributed by atoms with Crippen LogP contribution in [0.1, 0.15) is 33.5 Å². The second kappa shape index (κ2) is 8.69. The van der Waals surface area contributed by atoms with Crippen molar-refractivity contribution in [3.8, 4) is 5.69 Å². The monoisotopic (exact) mass is 455 g/mol. The Morgan fingerprint density at radius 1 is 1.03 bits per heavy atom. The van der Waals surface area contributed by atoms with Crippen molar-refractivity contribution < 1.29 is 27.5 Å². The standard InChI is InChI=1S/C22H16F3N5O3/c1-2-33-21(32)15-11-27-30(19(15)22(23,24)25)14-9-7-13(8-10-14)28-20(31)18-12-26-16-5-3-4-6-17(16)29-18/h3-12H,2H2,1H3,(H,28,31). The van der Waals surface area contributed by atoms with Crippen molar-refractivity contribution in [2.45, 2.75) is 13.1 Å². The molecule has 4 aromatic rings. The number of fused-ring (bicyclic) bond motifs is 1. The molecule has 8 nitrogen and oxygen atoms in total. The van der Waals surface area contributed by atoms with Gasteiger partial charge in [0, 0.05) is 5.69 Å². The molecule has 0 saturated heterocycles. The van der Waals surface area contributed by atoms with Crippen LogP contribution in [0.2, 0.25) is 0 Å². The molecule has 0 aliphatic rings. The number of carbonyl (C=O) groups excluding carboxylic acids is 2. The Morgan fingerprint density at radius 3 is 2.39 bits per heavy atom. The molecule has 0 radical (unpaired) electrons. The number of aromatic nitrogens is 4. The Balaban J connectivity index is 1.58. The first-order chi connectivity index (χ1) is 15.8. The molecule has 33 heavy (non-hydrogen) atoms. The third-order valence-electron chi connectivity index (χ3n) is 4.58. The third kappa shape index (κ3) is 4.52. The number of esters is 1. The van der Waals surface area contributed by atoms with Crippen LogP contribution in [0.4, 0.5) is 18.9 Å². The van der Waals surface area contributed by atoms with Gasteiger partial charge < -0.3 is 10.1 Å². The molecule has 0 atom stereocenters. The van der Waals surface area contributed by atoms with Crippen LogP contribution in [-0.2, 0) is 10.9 Å². The summed E-state index contributed by atoms with van der Waals surface area (Å²) in [5, 5.41) is 6.33. The lowest BCUT2D eigenvalue weighted by Crippen LogP contribution is -2.18. The predicted octanol–water partition coefficient (Wildman–Crippen LogP) is 4.26. The Morgan fingerprint density at radius 2 is 1.73 bits per heavy atom. The second-order valence-electron chi connectivity index (χ2n) is 6.78. The van der Waals surface area contributed by atoms with Gasteiger partial charge in [-0.3, -0.25) is 9.78 Å². The van der Waals surface area contributed by atoms with Crippen LogP contribution in [0.3, 0.4) is 0 Å². The van der Waals surface area contributed by atoms with E-state index in [9.17, 15) is 22.8 Å². The van der Waals surface area contributed by atoms with Crippen LogP contribution in [0.5, 0.6) is 0 Å². The SMILES string of the molecule is CCOC(=O)c1cnn(-c2ccc(NC(=O)c3cnc4ccccc4n3)cc2)c1C(F)(F)F. The van der Waals surface area contributed by atoms with E-state index in [1.54, 1.807) is 24.3 Å². The Bertz CT molecular complexity index is 1330. The fourth-order valence-electron chi connectivity index (χ4n) is 3.12. The van der Waals surface area contributed by atoms with Gasteiger partial charge >= 0.3 is 12.1 Å². The van der Waals surface area contributed by atoms with Gasteiger partial charge in [0.2, 0.25) is 0 Å². The van der Waals surface area contributed by atoms with E-state index in [0.29, 0.717) is 21.4 Å². The number of hydrogen-bond acceptors (Lipinski definition) is 6. The molecule has 0 saturated carbocycles. The highest BCUT2D eigenvalue weighted by Crippen LogP contribution is 2.34. The normalized spacial score (nSPS) is 11.4. The van der Waals surface area contributed by atoms with E-state index in [4.69, 9.17) is 4.74 Å². The first kappa shape index (κ1) is 21.9. The topological polar surface area (TPSA) is 99.0 Å². The van der Waals surface area contributed by atoms with E-state index < -0.39 is 29.3 Å². The number of ether oxygens (including phenoxy) is 1. The molecule has 2 aromatic heterocycles. The summed E-state index contributed by atoms with van der Waals surface area (Å²) >= 11 is 0.